The molecule has 4 rings (SSSR count). The molecule has 1 saturated heterocycles. The van der Waals surface area contributed by atoms with Crippen LogP contribution in [0.3, 0.4) is 0 Å². The van der Waals surface area contributed by atoms with Gasteiger partial charge in [0.15, 0.2) is 0 Å². The zero-order chi connectivity index (χ0) is 17.8. The van der Waals surface area contributed by atoms with E-state index in [0.717, 1.165) is 48.7 Å². The van der Waals surface area contributed by atoms with Crippen molar-refractivity contribution in [3.8, 4) is 0 Å². The molecule has 2 aromatic carbocycles. The molecule has 1 aliphatic rings. The van der Waals surface area contributed by atoms with Gasteiger partial charge < -0.3 is 15.1 Å². The Morgan fingerprint density at radius 2 is 1.50 bits per heavy atom. The van der Waals surface area contributed by atoms with Crippen LogP contribution < -0.4 is 15.1 Å². The van der Waals surface area contributed by atoms with Gasteiger partial charge in [-0.2, -0.15) is 4.98 Å². The van der Waals surface area contributed by atoms with Crippen molar-refractivity contribution < 1.29 is 0 Å². The van der Waals surface area contributed by atoms with E-state index in [0.29, 0.717) is 0 Å². The summed E-state index contributed by atoms with van der Waals surface area (Å²) in [7, 11) is 0. The summed E-state index contributed by atoms with van der Waals surface area (Å²) in [6.07, 6.45) is 1.80. The van der Waals surface area contributed by atoms with Gasteiger partial charge in [0.25, 0.3) is 0 Å². The maximum absolute atomic E-state index is 5.93. The van der Waals surface area contributed by atoms with Crippen LogP contribution >= 0.6 is 11.6 Å². The van der Waals surface area contributed by atoms with Gasteiger partial charge >= 0.3 is 0 Å². The molecule has 1 fully saturated rings. The van der Waals surface area contributed by atoms with Crippen molar-refractivity contribution in [2.75, 3.05) is 41.3 Å². The smallest absolute Gasteiger partial charge is 0.227 e. The number of benzene rings is 2. The highest BCUT2D eigenvalue weighted by atomic mass is 35.5. The minimum Gasteiger partial charge on any atom is -0.368 e. The zero-order valence-corrected chi connectivity index (χ0v) is 15.1. The summed E-state index contributed by atoms with van der Waals surface area (Å²) in [6.45, 7) is 3.73. The van der Waals surface area contributed by atoms with E-state index in [-0.39, 0.29) is 0 Å². The van der Waals surface area contributed by atoms with Crippen LogP contribution in [0, 0.1) is 0 Å². The number of aromatic nitrogens is 2. The molecule has 1 aromatic heterocycles. The van der Waals surface area contributed by atoms with E-state index >= 15 is 0 Å². The van der Waals surface area contributed by atoms with E-state index in [2.05, 4.69) is 49.4 Å². The minimum atomic E-state index is 0.718. The fraction of sp³-hybridized carbons (Fsp3) is 0.200. The topological polar surface area (TPSA) is 44.3 Å². The normalized spacial score (nSPS) is 14.3. The van der Waals surface area contributed by atoms with E-state index in [1.54, 1.807) is 6.20 Å². The lowest BCUT2D eigenvalue weighted by Crippen LogP contribution is -2.47. The molecule has 6 heteroatoms. The molecule has 2 heterocycles. The third-order valence-electron chi connectivity index (χ3n) is 4.44. The van der Waals surface area contributed by atoms with Crippen LogP contribution in [0.1, 0.15) is 0 Å². The quantitative estimate of drug-likeness (QED) is 0.750. The number of anilines is 4. The molecule has 5 nitrogen and oxygen atoms in total. The molecule has 0 radical (unpaired) electrons. The van der Waals surface area contributed by atoms with Crippen LogP contribution in [-0.2, 0) is 0 Å². The van der Waals surface area contributed by atoms with Crippen molar-refractivity contribution in [3.63, 3.8) is 0 Å². The fourth-order valence-electron chi connectivity index (χ4n) is 3.05. The number of rotatable bonds is 4. The Labute approximate surface area is 158 Å². The Balaban J connectivity index is 1.42. The van der Waals surface area contributed by atoms with Crippen LogP contribution in [0.2, 0.25) is 5.02 Å². The molecule has 0 saturated carbocycles. The Morgan fingerprint density at radius 1 is 0.808 bits per heavy atom. The Kier molecular flexibility index (Phi) is 4.88. The standard InChI is InChI=1S/C20H20ClN5/c21-16-6-8-17(9-7-16)23-19-10-11-22-20(24-19)26-14-12-25(13-15-26)18-4-2-1-3-5-18/h1-11H,12-15H2,(H,22,23,24). The number of piperazine rings is 1. The molecule has 132 valence electrons. The van der Waals surface area contributed by atoms with Crippen molar-refractivity contribution in [1.29, 1.82) is 0 Å². The summed E-state index contributed by atoms with van der Waals surface area (Å²) in [4.78, 5) is 13.7. The maximum atomic E-state index is 5.93. The molecule has 0 bridgehead atoms. The van der Waals surface area contributed by atoms with E-state index < -0.39 is 0 Å². The van der Waals surface area contributed by atoms with E-state index in [9.17, 15) is 0 Å². The summed E-state index contributed by atoms with van der Waals surface area (Å²) in [5, 5.41) is 4.02. The van der Waals surface area contributed by atoms with E-state index in [1.165, 1.54) is 5.69 Å². The van der Waals surface area contributed by atoms with E-state index in [1.807, 2.05) is 36.4 Å². The van der Waals surface area contributed by atoms with Gasteiger partial charge in [0, 0.05) is 48.8 Å². The van der Waals surface area contributed by atoms with Gasteiger partial charge in [-0.05, 0) is 42.5 Å². The number of para-hydroxylation sites is 1. The van der Waals surface area contributed by atoms with Crippen molar-refractivity contribution in [1.82, 2.24) is 9.97 Å². The summed E-state index contributed by atoms with van der Waals surface area (Å²) < 4.78 is 0. The molecular formula is C20H20ClN5. The van der Waals surface area contributed by atoms with Gasteiger partial charge in [-0.15, -0.1) is 0 Å². The number of nitrogens with one attached hydrogen (secondary N) is 1. The monoisotopic (exact) mass is 365 g/mol. The van der Waals surface area contributed by atoms with E-state index in [4.69, 9.17) is 11.6 Å². The highest BCUT2D eigenvalue weighted by Gasteiger charge is 2.19. The minimum absolute atomic E-state index is 0.718. The summed E-state index contributed by atoms with van der Waals surface area (Å²) in [5.41, 5.74) is 2.22. The zero-order valence-electron chi connectivity index (χ0n) is 14.3. The first-order valence-electron chi connectivity index (χ1n) is 8.68. The molecule has 0 aliphatic carbocycles. The van der Waals surface area contributed by atoms with Crippen LogP contribution in [-0.4, -0.2) is 36.1 Å². The second-order valence-electron chi connectivity index (χ2n) is 6.18. The van der Waals surface area contributed by atoms with Crippen molar-refractivity contribution in [3.05, 3.63) is 71.9 Å². The van der Waals surface area contributed by atoms with Gasteiger partial charge in [-0.25, -0.2) is 4.98 Å². The first-order valence-corrected chi connectivity index (χ1v) is 9.06. The highest BCUT2D eigenvalue weighted by Crippen LogP contribution is 2.21. The molecule has 0 amide bonds. The molecule has 26 heavy (non-hydrogen) atoms. The van der Waals surface area contributed by atoms with Crippen LogP contribution in [0.15, 0.2) is 66.9 Å². The Hall–Kier alpha value is -2.79. The lowest BCUT2D eigenvalue weighted by atomic mass is 10.2. The summed E-state index contributed by atoms with van der Waals surface area (Å²) >= 11 is 5.93. The predicted octanol–water partition coefficient (Wildman–Crippen LogP) is 4.20. The van der Waals surface area contributed by atoms with Crippen molar-refractivity contribution >= 4 is 34.7 Å². The predicted molar refractivity (Wildman–Crippen MR) is 108 cm³/mol. The van der Waals surface area contributed by atoms with Crippen molar-refractivity contribution in [2.24, 2.45) is 0 Å². The van der Waals surface area contributed by atoms with Crippen LogP contribution in [0.5, 0.6) is 0 Å². The fourth-order valence-corrected chi connectivity index (χ4v) is 3.18. The maximum Gasteiger partial charge on any atom is 0.227 e. The first kappa shape index (κ1) is 16.7. The Morgan fingerprint density at radius 3 is 2.23 bits per heavy atom. The highest BCUT2D eigenvalue weighted by molar-refractivity contribution is 6.30. The average Bonchev–Trinajstić information content (AvgIpc) is 2.71. The third kappa shape index (κ3) is 3.89. The molecule has 0 atom stereocenters. The van der Waals surface area contributed by atoms with Crippen LogP contribution in [0.4, 0.5) is 23.1 Å². The number of nitrogens with zero attached hydrogens (tertiary/aromatic N) is 4. The third-order valence-corrected chi connectivity index (χ3v) is 4.70. The number of hydrogen-bond acceptors (Lipinski definition) is 5. The van der Waals surface area contributed by atoms with Crippen molar-refractivity contribution in [2.45, 2.75) is 0 Å². The second-order valence-corrected chi connectivity index (χ2v) is 6.62. The molecule has 0 spiro atoms. The number of halogens is 1. The molecule has 1 aliphatic heterocycles. The lowest BCUT2D eigenvalue weighted by Gasteiger charge is -2.36. The summed E-state index contributed by atoms with van der Waals surface area (Å²) in [5.74, 6) is 1.54. The molecular weight excluding hydrogens is 346 g/mol. The second kappa shape index (κ2) is 7.62. The first-order chi connectivity index (χ1) is 12.8. The SMILES string of the molecule is Clc1ccc(Nc2ccnc(N3CCN(c4ccccc4)CC3)n2)cc1. The van der Waals surface area contributed by atoms with Gasteiger partial charge in [0.2, 0.25) is 5.95 Å². The Bertz CT molecular complexity index is 846. The molecule has 3 aromatic rings. The van der Waals surface area contributed by atoms with Gasteiger partial charge in [0.05, 0.1) is 0 Å². The summed E-state index contributed by atoms with van der Waals surface area (Å²) in [6, 6.07) is 20.0. The average molecular weight is 366 g/mol. The van der Waals surface area contributed by atoms with Crippen LogP contribution in [0.25, 0.3) is 0 Å². The van der Waals surface area contributed by atoms with Gasteiger partial charge in [-0.1, -0.05) is 29.8 Å². The molecule has 0 unspecified atom stereocenters. The van der Waals surface area contributed by atoms with Gasteiger partial charge in [-0.3, -0.25) is 0 Å². The lowest BCUT2D eigenvalue weighted by molar-refractivity contribution is 0.640. The largest absolute Gasteiger partial charge is 0.368 e. The van der Waals surface area contributed by atoms with Gasteiger partial charge in [0.1, 0.15) is 5.82 Å². The molecule has 1 N–H and O–H groups in total. The number of hydrogen-bond donors (Lipinski definition) is 1.